The number of nitrogens with zero attached hydrogens (tertiary/aromatic N) is 2. The van der Waals surface area contributed by atoms with Crippen LogP contribution in [-0.2, 0) is 4.74 Å². The van der Waals surface area contributed by atoms with Crippen LogP contribution in [0.3, 0.4) is 0 Å². The number of hydrogen-bond acceptors (Lipinski definition) is 4. The Labute approximate surface area is 125 Å². The third-order valence-electron chi connectivity index (χ3n) is 3.24. The SMILES string of the molecule is CCN=C(N)C/C=C1/N=C(c2ccc(NC)cc2)OC1C. The number of amidine groups is 1. The second kappa shape index (κ2) is 6.92. The molecule has 0 amide bonds. The van der Waals surface area contributed by atoms with Gasteiger partial charge in [0.1, 0.15) is 6.10 Å². The van der Waals surface area contributed by atoms with Crippen LogP contribution in [0.4, 0.5) is 5.69 Å². The standard InChI is InChI=1S/C16H22N4O/c1-4-19-15(17)10-9-14-11(2)21-16(20-14)12-5-7-13(18-3)8-6-12/h5-9,11,18H,4,10H2,1-3H3,(H2,17,19)/b14-9+. The fourth-order valence-corrected chi connectivity index (χ4v) is 2.06. The van der Waals surface area contributed by atoms with Crippen molar-refractivity contribution >= 4 is 17.4 Å². The molecule has 0 saturated carbocycles. The highest BCUT2D eigenvalue weighted by molar-refractivity contribution is 5.96. The second-order valence-corrected chi connectivity index (χ2v) is 4.80. The van der Waals surface area contributed by atoms with E-state index in [9.17, 15) is 0 Å². The Morgan fingerprint density at radius 1 is 1.43 bits per heavy atom. The van der Waals surface area contributed by atoms with E-state index in [0.29, 0.717) is 24.7 Å². The molecule has 0 bridgehead atoms. The van der Waals surface area contributed by atoms with Crippen LogP contribution in [0.1, 0.15) is 25.8 Å². The Morgan fingerprint density at radius 2 is 2.14 bits per heavy atom. The summed E-state index contributed by atoms with van der Waals surface area (Å²) in [6, 6.07) is 7.99. The zero-order valence-corrected chi connectivity index (χ0v) is 12.8. The van der Waals surface area contributed by atoms with Crippen LogP contribution < -0.4 is 11.1 Å². The first-order valence-electron chi connectivity index (χ1n) is 7.16. The average molecular weight is 286 g/mol. The number of anilines is 1. The zero-order chi connectivity index (χ0) is 15.2. The van der Waals surface area contributed by atoms with E-state index in [1.807, 2.05) is 51.2 Å². The molecule has 0 fully saturated rings. The fourth-order valence-electron chi connectivity index (χ4n) is 2.06. The Balaban J connectivity index is 2.13. The number of benzene rings is 1. The van der Waals surface area contributed by atoms with Crippen LogP contribution in [0.5, 0.6) is 0 Å². The molecule has 112 valence electrons. The van der Waals surface area contributed by atoms with Crippen LogP contribution in [0.25, 0.3) is 0 Å². The normalized spacial score (nSPS) is 20.3. The topological polar surface area (TPSA) is 72.0 Å². The van der Waals surface area contributed by atoms with Crippen molar-refractivity contribution in [3.8, 4) is 0 Å². The number of ether oxygens (including phenoxy) is 1. The van der Waals surface area contributed by atoms with E-state index >= 15 is 0 Å². The molecule has 1 aromatic rings. The van der Waals surface area contributed by atoms with Crippen LogP contribution in [0, 0.1) is 0 Å². The van der Waals surface area contributed by atoms with Gasteiger partial charge in [0, 0.05) is 31.3 Å². The highest BCUT2D eigenvalue weighted by Gasteiger charge is 2.21. The molecule has 2 rings (SSSR count). The van der Waals surface area contributed by atoms with Crippen LogP contribution >= 0.6 is 0 Å². The molecule has 1 heterocycles. The van der Waals surface area contributed by atoms with Gasteiger partial charge in [0.25, 0.3) is 0 Å². The predicted octanol–water partition coefficient (Wildman–Crippen LogP) is 2.54. The second-order valence-electron chi connectivity index (χ2n) is 4.80. The van der Waals surface area contributed by atoms with Crippen molar-refractivity contribution in [1.82, 2.24) is 0 Å². The molecular weight excluding hydrogens is 264 g/mol. The molecule has 0 saturated heterocycles. The number of nitrogens with one attached hydrogen (secondary N) is 1. The van der Waals surface area contributed by atoms with Gasteiger partial charge in [0.15, 0.2) is 0 Å². The van der Waals surface area contributed by atoms with E-state index in [1.54, 1.807) is 0 Å². The van der Waals surface area contributed by atoms with E-state index < -0.39 is 0 Å². The van der Waals surface area contributed by atoms with Gasteiger partial charge in [0.05, 0.1) is 11.5 Å². The van der Waals surface area contributed by atoms with Crippen LogP contribution in [0.2, 0.25) is 0 Å². The summed E-state index contributed by atoms with van der Waals surface area (Å²) in [5, 5.41) is 3.09. The summed E-state index contributed by atoms with van der Waals surface area (Å²) in [7, 11) is 1.89. The third-order valence-corrected chi connectivity index (χ3v) is 3.24. The molecule has 1 aliphatic rings. The summed E-state index contributed by atoms with van der Waals surface area (Å²) in [4.78, 5) is 8.71. The Kier molecular flexibility index (Phi) is 4.98. The highest BCUT2D eigenvalue weighted by Crippen LogP contribution is 2.22. The summed E-state index contributed by atoms with van der Waals surface area (Å²) in [5.41, 5.74) is 8.73. The number of aliphatic imine (C=N–C) groups is 2. The fraction of sp³-hybridized carbons (Fsp3) is 0.375. The van der Waals surface area contributed by atoms with E-state index in [2.05, 4.69) is 15.3 Å². The summed E-state index contributed by atoms with van der Waals surface area (Å²) in [6.45, 7) is 4.65. The van der Waals surface area contributed by atoms with Crippen LogP contribution in [0.15, 0.2) is 46.0 Å². The van der Waals surface area contributed by atoms with Gasteiger partial charge in [-0.15, -0.1) is 0 Å². The van der Waals surface area contributed by atoms with Crippen molar-refractivity contribution in [2.45, 2.75) is 26.4 Å². The first-order chi connectivity index (χ1) is 10.1. The largest absolute Gasteiger partial charge is 0.468 e. The van der Waals surface area contributed by atoms with Gasteiger partial charge < -0.3 is 15.8 Å². The Hall–Kier alpha value is -2.30. The first kappa shape index (κ1) is 15.1. The lowest BCUT2D eigenvalue weighted by molar-refractivity contribution is 0.266. The molecule has 21 heavy (non-hydrogen) atoms. The van der Waals surface area contributed by atoms with E-state index in [4.69, 9.17) is 10.5 Å². The van der Waals surface area contributed by atoms with Crippen molar-refractivity contribution in [2.75, 3.05) is 18.9 Å². The minimum absolute atomic E-state index is 0.0570. The lowest BCUT2D eigenvalue weighted by Crippen LogP contribution is -2.12. The molecular formula is C16H22N4O. The molecule has 0 aromatic heterocycles. The molecule has 3 N–H and O–H groups in total. The van der Waals surface area contributed by atoms with Gasteiger partial charge >= 0.3 is 0 Å². The molecule has 0 radical (unpaired) electrons. The lowest BCUT2D eigenvalue weighted by atomic mass is 10.2. The Bertz CT molecular complexity index is 572. The van der Waals surface area contributed by atoms with Gasteiger partial charge in [-0.05, 0) is 38.1 Å². The van der Waals surface area contributed by atoms with E-state index in [0.717, 1.165) is 16.9 Å². The average Bonchev–Trinajstić information content (AvgIpc) is 2.87. The number of nitrogens with two attached hydrogens (primary N) is 1. The smallest absolute Gasteiger partial charge is 0.221 e. The molecule has 5 nitrogen and oxygen atoms in total. The molecule has 5 heteroatoms. The van der Waals surface area contributed by atoms with E-state index in [-0.39, 0.29) is 6.10 Å². The van der Waals surface area contributed by atoms with Crippen molar-refractivity contribution < 1.29 is 4.74 Å². The maximum atomic E-state index is 5.81. The molecule has 1 aliphatic heterocycles. The minimum Gasteiger partial charge on any atom is -0.468 e. The van der Waals surface area contributed by atoms with Gasteiger partial charge in [-0.1, -0.05) is 6.08 Å². The summed E-state index contributed by atoms with van der Waals surface area (Å²) >= 11 is 0. The maximum absolute atomic E-state index is 5.81. The minimum atomic E-state index is -0.0570. The van der Waals surface area contributed by atoms with Gasteiger partial charge in [-0.2, -0.15) is 0 Å². The zero-order valence-electron chi connectivity index (χ0n) is 12.8. The van der Waals surface area contributed by atoms with Crippen molar-refractivity contribution in [3.63, 3.8) is 0 Å². The molecule has 1 aromatic carbocycles. The number of rotatable bonds is 5. The number of hydrogen-bond donors (Lipinski definition) is 2. The molecule has 0 aliphatic carbocycles. The van der Waals surface area contributed by atoms with Gasteiger partial charge in [-0.25, -0.2) is 4.99 Å². The first-order valence-corrected chi connectivity index (χ1v) is 7.16. The maximum Gasteiger partial charge on any atom is 0.221 e. The summed E-state index contributed by atoms with van der Waals surface area (Å²) in [6.07, 6.45) is 2.53. The summed E-state index contributed by atoms with van der Waals surface area (Å²) < 4.78 is 5.81. The monoisotopic (exact) mass is 286 g/mol. The Morgan fingerprint density at radius 3 is 2.76 bits per heavy atom. The van der Waals surface area contributed by atoms with Crippen molar-refractivity contribution in [1.29, 1.82) is 0 Å². The molecule has 0 spiro atoms. The van der Waals surface area contributed by atoms with Crippen molar-refractivity contribution in [3.05, 3.63) is 41.6 Å². The molecule has 1 unspecified atom stereocenters. The van der Waals surface area contributed by atoms with Crippen LogP contribution in [-0.4, -0.2) is 31.4 Å². The molecule has 1 atom stereocenters. The highest BCUT2D eigenvalue weighted by atomic mass is 16.5. The van der Waals surface area contributed by atoms with Gasteiger partial charge in [-0.3, -0.25) is 4.99 Å². The van der Waals surface area contributed by atoms with Crippen molar-refractivity contribution in [2.24, 2.45) is 15.7 Å². The van der Waals surface area contributed by atoms with Gasteiger partial charge in [0.2, 0.25) is 5.90 Å². The van der Waals surface area contributed by atoms with E-state index in [1.165, 1.54) is 0 Å². The lowest BCUT2D eigenvalue weighted by Gasteiger charge is -2.07. The summed E-state index contributed by atoms with van der Waals surface area (Å²) in [5.74, 6) is 1.28. The quantitative estimate of drug-likeness (QED) is 0.645. The predicted molar refractivity (Wildman–Crippen MR) is 87.9 cm³/mol. The third kappa shape index (κ3) is 3.84.